The van der Waals surface area contributed by atoms with Gasteiger partial charge >= 0.3 is 5.97 Å². The van der Waals surface area contributed by atoms with Crippen molar-refractivity contribution in [2.75, 3.05) is 55.7 Å². The fourth-order valence-electron chi connectivity index (χ4n) is 3.13. The number of pyridine rings is 1. The Morgan fingerprint density at radius 3 is 2.55 bits per heavy atom. The monoisotopic (exact) mass is 424 g/mol. The van der Waals surface area contributed by atoms with Crippen LogP contribution in [0.1, 0.15) is 23.7 Å². The molecule has 1 aromatic heterocycles. The topological polar surface area (TPSA) is 60.8 Å². The minimum atomic E-state index is -0.709. The first-order chi connectivity index (χ1) is 13.7. The number of carbonyl (C=O) groups is 1. The van der Waals surface area contributed by atoms with Crippen molar-refractivity contribution in [3.8, 4) is 0 Å². The fourth-order valence-corrected chi connectivity index (χ4v) is 3.75. The molecule has 2 aromatic rings. The van der Waals surface area contributed by atoms with Gasteiger partial charge in [-0.25, -0.2) is 19.2 Å². The lowest BCUT2D eigenvalue weighted by Gasteiger charge is -2.33. The fraction of sp³-hybridized carbons (Fsp3) is 0.524. The average molecular weight is 425 g/mol. The SMILES string of the molecule is CCOC(=O)c1cn(COCCS(C)(C)C)c2cc(N3CCC3)c(F)cc2c1=O. The Hall–Kier alpha value is -2.06. The van der Waals surface area contributed by atoms with Crippen LogP contribution in [0.4, 0.5) is 10.1 Å². The Kier molecular flexibility index (Phi) is 6.53. The number of benzene rings is 1. The van der Waals surface area contributed by atoms with Gasteiger partial charge in [-0.3, -0.25) is 4.79 Å². The number of fused-ring (bicyclic) bond motifs is 1. The van der Waals surface area contributed by atoms with Crippen molar-refractivity contribution in [3.05, 3.63) is 39.9 Å². The Balaban J connectivity index is 2.02. The zero-order chi connectivity index (χ0) is 21.2. The van der Waals surface area contributed by atoms with Gasteiger partial charge < -0.3 is 18.9 Å². The van der Waals surface area contributed by atoms with Gasteiger partial charge in [0.2, 0.25) is 5.43 Å². The summed E-state index contributed by atoms with van der Waals surface area (Å²) in [6.45, 7) is 4.15. The molecule has 2 heterocycles. The lowest BCUT2D eigenvalue weighted by atomic mass is 10.1. The minimum Gasteiger partial charge on any atom is -0.462 e. The number of aromatic nitrogens is 1. The number of esters is 1. The van der Waals surface area contributed by atoms with Crippen molar-refractivity contribution >= 4 is 32.6 Å². The summed E-state index contributed by atoms with van der Waals surface area (Å²) in [5, 5.41) is 0.155. The molecule has 6 nitrogen and oxygen atoms in total. The van der Waals surface area contributed by atoms with Crippen LogP contribution in [0.25, 0.3) is 10.9 Å². The summed E-state index contributed by atoms with van der Waals surface area (Å²) in [5.41, 5.74) is 0.387. The molecule has 1 saturated heterocycles. The summed E-state index contributed by atoms with van der Waals surface area (Å²) in [7, 11) is -0.691. The van der Waals surface area contributed by atoms with Gasteiger partial charge in [-0.1, -0.05) is 0 Å². The number of hydrogen-bond acceptors (Lipinski definition) is 5. The number of halogens is 1. The van der Waals surface area contributed by atoms with Gasteiger partial charge in [-0.15, -0.1) is 0 Å². The molecule has 29 heavy (non-hydrogen) atoms. The highest BCUT2D eigenvalue weighted by molar-refractivity contribution is 8.32. The molecular formula is C21H29FN2O4S. The first-order valence-electron chi connectivity index (χ1n) is 9.74. The van der Waals surface area contributed by atoms with E-state index in [-0.39, 0.29) is 24.3 Å². The van der Waals surface area contributed by atoms with Gasteiger partial charge in [-0.05, 0) is 44.2 Å². The largest absolute Gasteiger partial charge is 0.462 e. The molecular weight excluding hydrogens is 395 g/mol. The van der Waals surface area contributed by atoms with E-state index in [0.717, 1.165) is 25.3 Å². The van der Waals surface area contributed by atoms with E-state index in [2.05, 4.69) is 18.8 Å². The molecule has 0 spiro atoms. The smallest absolute Gasteiger partial charge is 0.343 e. The van der Waals surface area contributed by atoms with Gasteiger partial charge in [0.25, 0.3) is 0 Å². The first-order valence-corrected chi connectivity index (χ1v) is 12.8. The molecule has 1 fully saturated rings. The maximum Gasteiger partial charge on any atom is 0.343 e. The Morgan fingerprint density at radius 2 is 1.97 bits per heavy atom. The summed E-state index contributed by atoms with van der Waals surface area (Å²) in [5.74, 6) is -0.220. The highest BCUT2D eigenvalue weighted by Crippen LogP contribution is 2.33. The molecule has 1 aliphatic rings. The van der Waals surface area contributed by atoms with E-state index in [4.69, 9.17) is 9.47 Å². The number of carbonyl (C=O) groups excluding carboxylic acids is 1. The van der Waals surface area contributed by atoms with Crippen LogP contribution >= 0.6 is 10.0 Å². The second-order valence-corrected chi connectivity index (χ2v) is 12.6. The molecule has 0 radical (unpaired) electrons. The number of anilines is 1. The van der Waals surface area contributed by atoms with Crippen molar-refractivity contribution in [2.24, 2.45) is 0 Å². The zero-order valence-electron chi connectivity index (χ0n) is 17.5. The third-order valence-corrected chi connectivity index (χ3v) is 6.30. The quantitative estimate of drug-likeness (QED) is 0.481. The third kappa shape index (κ3) is 4.93. The summed E-state index contributed by atoms with van der Waals surface area (Å²) in [6.07, 6.45) is 9.12. The number of rotatable bonds is 8. The van der Waals surface area contributed by atoms with Crippen molar-refractivity contribution in [1.29, 1.82) is 0 Å². The van der Waals surface area contributed by atoms with E-state index in [1.807, 2.05) is 4.90 Å². The molecule has 0 N–H and O–H groups in total. The van der Waals surface area contributed by atoms with Gasteiger partial charge in [-0.2, -0.15) is 0 Å². The van der Waals surface area contributed by atoms with Crippen molar-refractivity contribution in [2.45, 2.75) is 20.1 Å². The predicted octanol–water partition coefficient (Wildman–Crippen LogP) is 3.20. The van der Waals surface area contributed by atoms with Crippen LogP contribution in [-0.4, -0.2) is 61.4 Å². The number of nitrogens with zero attached hydrogens (tertiary/aromatic N) is 2. The second kappa shape index (κ2) is 8.75. The van der Waals surface area contributed by atoms with E-state index in [9.17, 15) is 14.0 Å². The summed E-state index contributed by atoms with van der Waals surface area (Å²) in [4.78, 5) is 27.0. The van der Waals surface area contributed by atoms with E-state index < -0.39 is 27.2 Å². The van der Waals surface area contributed by atoms with Crippen LogP contribution in [-0.2, 0) is 16.2 Å². The molecule has 0 amide bonds. The van der Waals surface area contributed by atoms with E-state index >= 15 is 0 Å². The Labute approximate surface area is 171 Å². The van der Waals surface area contributed by atoms with Crippen molar-refractivity contribution in [3.63, 3.8) is 0 Å². The molecule has 0 saturated carbocycles. The molecule has 0 aliphatic carbocycles. The summed E-state index contributed by atoms with van der Waals surface area (Å²) >= 11 is 0. The van der Waals surface area contributed by atoms with Crippen LogP contribution in [0, 0.1) is 5.82 Å². The van der Waals surface area contributed by atoms with Crippen molar-refractivity contribution < 1.29 is 18.7 Å². The first kappa shape index (κ1) is 21.6. The standard InChI is InChI=1S/C21H29FN2O4S/c1-5-28-21(26)16-13-24(14-27-9-10-29(2,3)4)18-12-19(23-7-6-8-23)17(22)11-15(18)20(16)25/h11-13H,5-10,14H2,1-4H3. The van der Waals surface area contributed by atoms with E-state index in [0.29, 0.717) is 17.8 Å². The predicted molar refractivity (Wildman–Crippen MR) is 117 cm³/mol. The molecule has 0 unspecified atom stereocenters. The molecule has 3 rings (SSSR count). The van der Waals surface area contributed by atoms with Crippen LogP contribution in [0.3, 0.4) is 0 Å². The maximum absolute atomic E-state index is 14.7. The molecule has 0 bridgehead atoms. The van der Waals surface area contributed by atoms with Gasteiger partial charge in [0, 0.05) is 30.4 Å². The lowest BCUT2D eigenvalue weighted by Crippen LogP contribution is -2.37. The highest BCUT2D eigenvalue weighted by atomic mass is 32.3. The summed E-state index contributed by atoms with van der Waals surface area (Å²) < 4.78 is 27.2. The highest BCUT2D eigenvalue weighted by Gasteiger charge is 2.22. The Morgan fingerprint density at radius 1 is 1.24 bits per heavy atom. The van der Waals surface area contributed by atoms with Crippen LogP contribution in [0.2, 0.25) is 0 Å². The molecule has 160 valence electrons. The van der Waals surface area contributed by atoms with Gasteiger partial charge in [0.15, 0.2) is 0 Å². The lowest BCUT2D eigenvalue weighted by molar-refractivity contribution is 0.0521. The Bertz CT molecular complexity index is 964. The maximum atomic E-state index is 14.7. The van der Waals surface area contributed by atoms with Crippen molar-refractivity contribution in [1.82, 2.24) is 4.57 Å². The van der Waals surface area contributed by atoms with Crippen LogP contribution in [0.15, 0.2) is 23.1 Å². The van der Waals surface area contributed by atoms with Gasteiger partial charge in [0.1, 0.15) is 18.1 Å². The molecule has 0 atom stereocenters. The van der Waals surface area contributed by atoms with Crippen LogP contribution in [0.5, 0.6) is 0 Å². The number of hydrogen-bond donors (Lipinski definition) is 0. The van der Waals surface area contributed by atoms with Gasteiger partial charge in [0.05, 0.1) is 24.4 Å². The normalized spacial score (nSPS) is 14.7. The zero-order valence-corrected chi connectivity index (χ0v) is 18.3. The third-order valence-electron chi connectivity index (χ3n) is 4.91. The molecule has 8 heteroatoms. The van der Waals surface area contributed by atoms with E-state index in [1.54, 1.807) is 17.6 Å². The minimum absolute atomic E-state index is 0.111. The second-order valence-electron chi connectivity index (χ2n) is 8.06. The molecule has 1 aromatic carbocycles. The average Bonchev–Trinajstić information content (AvgIpc) is 2.59. The van der Waals surface area contributed by atoms with E-state index in [1.165, 1.54) is 12.3 Å². The number of ether oxygens (including phenoxy) is 2. The molecule has 1 aliphatic heterocycles. The summed E-state index contributed by atoms with van der Waals surface area (Å²) in [6, 6.07) is 2.91. The van der Waals surface area contributed by atoms with Crippen LogP contribution < -0.4 is 10.3 Å².